The predicted octanol–water partition coefficient (Wildman–Crippen LogP) is 4.32. The molecule has 0 bridgehead atoms. The molecule has 3 heterocycles. The third-order valence-corrected chi connectivity index (χ3v) is 6.61. The Balaban J connectivity index is 1.77. The highest BCUT2D eigenvalue weighted by molar-refractivity contribution is 6.53. The summed E-state index contributed by atoms with van der Waals surface area (Å²) in [4.78, 5) is 43.0. The van der Waals surface area contributed by atoms with Crippen molar-refractivity contribution < 1.29 is 18.9 Å². The lowest BCUT2D eigenvalue weighted by atomic mass is 10.0. The van der Waals surface area contributed by atoms with Gasteiger partial charge in [-0.15, -0.1) is 0 Å². The molecular formula is C29H26ClN4O4+. The average Bonchev–Trinajstić information content (AvgIpc) is 3.36. The van der Waals surface area contributed by atoms with Crippen LogP contribution < -0.4 is 19.8 Å². The van der Waals surface area contributed by atoms with Crippen molar-refractivity contribution in [3.05, 3.63) is 105 Å². The number of methoxy groups -OCH3 is 1. The average molecular weight is 530 g/mol. The molecule has 2 aromatic carbocycles. The summed E-state index contributed by atoms with van der Waals surface area (Å²) in [5.74, 6) is -0.506. The number of imide groups is 1. The van der Waals surface area contributed by atoms with Crippen molar-refractivity contribution in [2.75, 3.05) is 12.0 Å². The highest BCUT2D eigenvalue weighted by atomic mass is 35.5. The topological polar surface area (TPSA) is 88.3 Å². The fourth-order valence-electron chi connectivity index (χ4n) is 4.65. The van der Waals surface area contributed by atoms with Crippen LogP contribution in [0.4, 0.5) is 5.69 Å². The fourth-order valence-corrected chi connectivity index (χ4v) is 4.83. The molecular weight excluding hydrogens is 504 g/mol. The Labute approximate surface area is 224 Å². The van der Waals surface area contributed by atoms with Crippen LogP contribution in [0.5, 0.6) is 5.75 Å². The molecule has 8 nitrogen and oxygen atoms in total. The van der Waals surface area contributed by atoms with E-state index in [1.807, 2.05) is 19.9 Å². The second-order valence-electron chi connectivity index (χ2n) is 8.99. The van der Waals surface area contributed by atoms with Gasteiger partial charge >= 0.3 is 5.91 Å². The van der Waals surface area contributed by atoms with E-state index >= 15 is 0 Å². The summed E-state index contributed by atoms with van der Waals surface area (Å²) in [6.45, 7) is 3.87. The molecule has 38 heavy (non-hydrogen) atoms. The number of nitrogens with one attached hydrogen (secondary N) is 1. The van der Waals surface area contributed by atoms with Gasteiger partial charge in [0.2, 0.25) is 0 Å². The second kappa shape index (κ2) is 10.1. The molecule has 1 N–H and O–H groups in total. The Bertz CT molecular complexity index is 1650. The summed E-state index contributed by atoms with van der Waals surface area (Å²) < 4.78 is 8.21. The van der Waals surface area contributed by atoms with Gasteiger partial charge in [-0.05, 0) is 61.9 Å². The number of amides is 2. The lowest BCUT2D eigenvalue weighted by Gasteiger charge is -2.14. The standard InChI is InChI=1S/C29H25ClN4O4/c1-4-7-23-24(28(36)34(31-23)21-10-5-9-19(30)16-21)25-26(32-15-6-8-18(2)17-32)29(37)33(27(25)35)20-11-13-22(38-3)14-12-20/h5-6,8-17H,4,7H2,1-3H3/p+1. The van der Waals surface area contributed by atoms with Crippen molar-refractivity contribution >= 4 is 40.4 Å². The third kappa shape index (κ3) is 4.33. The quantitative estimate of drug-likeness (QED) is 0.285. The van der Waals surface area contributed by atoms with Gasteiger partial charge in [-0.2, -0.15) is 4.57 Å². The van der Waals surface area contributed by atoms with E-state index in [1.54, 1.807) is 78.7 Å². The summed E-state index contributed by atoms with van der Waals surface area (Å²) in [6.07, 6.45) is 4.68. The van der Waals surface area contributed by atoms with Gasteiger partial charge in [0, 0.05) is 22.3 Å². The number of carbonyl (C=O) groups excluding carboxylic acids is 2. The first-order valence-electron chi connectivity index (χ1n) is 12.2. The number of nitrogens with zero attached hydrogens (tertiary/aromatic N) is 3. The zero-order valence-corrected chi connectivity index (χ0v) is 22.0. The number of aromatic nitrogens is 3. The maximum atomic E-state index is 14.1. The number of H-pyrrole nitrogens is 1. The zero-order chi connectivity index (χ0) is 27.0. The van der Waals surface area contributed by atoms with Crippen molar-refractivity contribution in [3.63, 3.8) is 0 Å². The molecule has 192 valence electrons. The number of aryl methyl sites for hydroxylation is 2. The van der Waals surface area contributed by atoms with E-state index in [-0.39, 0.29) is 16.8 Å². The Morgan fingerprint density at radius 3 is 2.39 bits per heavy atom. The number of hydrogen-bond acceptors (Lipinski definition) is 4. The van der Waals surface area contributed by atoms with Crippen LogP contribution >= 0.6 is 11.6 Å². The summed E-state index contributed by atoms with van der Waals surface area (Å²) in [6, 6.07) is 17.2. The van der Waals surface area contributed by atoms with Crippen molar-refractivity contribution in [3.8, 4) is 11.4 Å². The number of anilines is 1. The Morgan fingerprint density at radius 2 is 1.74 bits per heavy atom. The number of aromatic amines is 1. The minimum Gasteiger partial charge on any atom is -0.497 e. The molecule has 0 spiro atoms. The van der Waals surface area contributed by atoms with Crippen LogP contribution in [0.2, 0.25) is 5.02 Å². The van der Waals surface area contributed by atoms with Crippen LogP contribution in [0.3, 0.4) is 0 Å². The number of rotatable bonds is 7. The monoisotopic (exact) mass is 529 g/mol. The summed E-state index contributed by atoms with van der Waals surface area (Å²) in [5.41, 5.74) is 2.26. The number of hydrogen-bond donors (Lipinski definition) is 1. The first-order chi connectivity index (χ1) is 18.3. The Kier molecular flexibility index (Phi) is 6.73. The Hall–Kier alpha value is -4.43. The van der Waals surface area contributed by atoms with Crippen LogP contribution in [0.25, 0.3) is 17.0 Å². The third-order valence-electron chi connectivity index (χ3n) is 6.38. The Morgan fingerprint density at radius 1 is 0.974 bits per heavy atom. The zero-order valence-electron chi connectivity index (χ0n) is 21.2. The number of halogens is 1. The van der Waals surface area contributed by atoms with Crippen LogP contribution in [-0.2, 0) is 16.0 Å². The largest absolute Gasteiger partial charge is 0.497 e. The molecule has 2 amide bonds. The number of carbonyl (C=O) groups is 2. The SMILES string of the molecule is CCCc1[nH]n(-c2cccc(Cl)c2)c(=O)c1C1=C([n+]2cccc(C)c2)C(=O)N(c2ccc(OC)cc2)C1=O. The molecule has 1 aliphatic rings. The van der Waals surface area contributed by atoms with Gasteiger partial charge < -0.3 is 4.74 Å². The van der Waals surface area contributed by atoms with Crippen LogP contribution in [0, 0.1) is 6.92 Å². The lowest BCUT2D eigenvalue weighted by molar-refractivity contribution is -0.577. The maximum Gasteiger partial charge on any atom is 0.331 e. The van der Waals surface area contributed by atoms with Crippen molar-refractivity contribution in [1.82, 2.24) is 9.78 Å². The molecule has 1 aliphatic heterocycles. The summed E-state index contributed by atoms with van der Waals surface area (Å²) in [7, 11) is 1.54. The van der Waals surface area contributed by atoms with Gasteiger partial charge in [0.15, 0.2) is 12.4 Å². The first-order valence-corrected chi connectivity index (χ1v) is 12.6. The fraction of sp³-hybridized carbons (Fsp3) is 0.172. The molecule has 9 heteroatoms. The lowest BCUT2D eigenvalue weighted by Crippen LogP contribution is -2.39. The molecule has 0 unspecified atom stereocenters. The minimum atomic E-state index is -0.573. The summed E-state index contributed by atoms with van der Waals surface area (Å²) in [5, 5.41) is 3.63. The van der Waals surface area contributed by atoms with E-state index in [0.29, 0.717) is 40.7 Å². The van der Waals surface area contributed by atoms with E-state index < -0.39 is 17.4 Å². The van der Waals surface area contributed by atoms with Gasteiger partial charge in [-0.25, -0.2) is 9.58 Å². The van der Waals surface area contributed by atoms with Crippen LogP contribution in [-0.4, -0.2) is 28.7 Å². The van der Waals surface area contributed by atoms with Gasteiger partial charge in [0.1, 0.15) is 11.3 Å². The van der Waals surface area contributed by atoms with Crippen molar-refractivity contribution in [2.45, 2.75) is 26.7 Å². The highest BCUT2D eigenvalue weighted by Crippen LogP contribution is 2.34. The predicted molar refractivity (Wildman–Crippen MR) is 145 cm³/mol. The normalized spacial score (nSPS) is 13.5. The van der Waals surface area contributed by atoms with Gasteiger partial charge in [0.25, 0.3) is 17.2 Å². The van der Waals surface area contributed by atoms with E-state index in [1.165, 1.54) is 4.68 Å². The van der Waals surface area contributed by atoms with E-state index in [9.17, 15) is 14.4 Å². The molecule has 0 atom stereocenters. The summed E-state index contributed by atoms with van der Waals surface area (Å²) >= 11 is 6.19. The van der Waals surface area contributed by atoms with Crippen LogP contribution in [0.1, 0.15) is 30.2 Å². The molecule has 5 rings (SSSR count). The molecule has 0 fully saturated rings. The van der Waals surface area contributed by atoms with Gasteiger partial charge in [0.05, 0.1) is 24.0 Å². The van der Waals surface area contributed by atoms with E-state index in [4.69, 9.17) is 16.3 Å². The molecule has 2 aromatic heterocycles. The molecule has 0 saturated carbocycles. The van der Waals surface area contributed by atoms with E-state index in [0.717, 1.165) is 10.5 Å². The molecule has 0 radical (unpaired) electrons. The maximum absolute atomic E-state index is 14.1. The smallest absolute Gasteiger partial charge is 0.331 e. The molecule has 4 aromatic rings. The minimum absolute atomic E-state index is 0.0481. The van der Waals surface area contributed by atoms with E-state index in [2.05, 4.69) is 5.10 Å². The van der Waals surface area contributed by atoms with Crippen molar-refractivity contribution in [2.24, 2.45) is 0 Å². The highest BCUT2D eigenvalue weighted by Gasteiger charge is 2.48. The van der Waals surface area contributed by atoms with Gasteiger partial charge in [-0.1, -0.05) is 31.0 Å². The number of benzene rings is 2. The first kappa shape index (κ1) is 25.2. The van der Waals surface area contributed by atoms with Gasteiger partial charge in [-0.3, -0.25) is 19.5 Å². The molecule has 0 saturated heterocycles. The van der Waals surface area contributed by atoms with Crippen LogP contribution in [0.15, 0.2) is 77.9 Å². The second-order valence-corrected chi connectivity index (χ2v) is 9.43. The molecule has 0 aliphatic carbocycles. The number of ether oxygens (including phenoxy) is 1. The van der Waals surface area contributed by atoms with Crippen molar-refractivity contribution in [1.29, 1.82) is 0 Å². The number of pyridine rings is 1.